The molecule has 150 valence electrons. The van der Waals surface area contributed by atoms with Crippen LogP contribution in [0.5, 0.6) is 0 Å². The van der Waals surface area contributed by atoms with Crippen molar-refractivity contribution in [2.75, 3.05) is 13.2 Å². The molecule has 0 aliphatic carbocycles. The molecule has 0 aromatic heterocycles. The van der Waals surface area contributed by atoms with Crippen LogP contribution in [0.15, 0.2) is 60.7 Å². The summed E-state index contributed by atoms with van der Waals surface area (Å²) in [6, 6.07) is 20.3. The second kappa shape index (κ2) is 8.72. The maximum atomic E-state index is 6.30. The number of benzene rings is 2. The van der Waals surface area contributed by atoms with Gasteiger partial charge in [0, 0.05) is 0 Å². The van der Waals surface area contributed by atoms with Gasteiger partial charge < -0.3 is 23.7 Å². The molecule has 2 saturated heterocycles. The van der Waals surface area contributed by atoms with Crippen molar-refractivity contribution in [1.82, 2.24) is 0 Å². The summed E-state index contributed by atoms with van der Waals surface area (Å²) in [5, 5.41) is 0. The molecule has 5 heteroatoms. The van der Waals surface area contributed by atoms with Gasteiger partial charge in [0.25, 0.3) is 0 Å². The lowest BCUT2D eigenvalue weighted by molar-refractivity contribution is -0.164. The van der Waals surface area contributed by atoms with Gasteiger partial charge in [-0.05, 0) is 25.0 Å². The van der Waals surface area contributed by atoms with Crippen molar-refractivity contribution in [3.63, 3.8) is 0 Å². The summed E-state index contributed by atoms with van der Waals surface area (Å²) in [5.41, 5.74) is 2.26. The number of rotatable bonds is 7. The smallest absolute Gasteiger partial charge is 0.163 e. The zero-order valence-electron chi connectivity index (χ0n) is 16.5. The highest BCUT2D eigenvalue weighted by Gasteiger charge is 2.48. The summed E-state index contributed by atoms with van der Waals surface area (Å²) in [7, 11) is 0. The van der Waals surface area contributed by atoms with E-state index >= 15 is 0 Å². The van der Waals surface area contributed by atoms with Crippen LogP contribution < -0.4 is 0 Å². The number of hydrogen-bond donors (Lipinski definition) is 0. The highest BCUT2D eigenvalue weighted by molar-refractivity contribution is 5.14. The van der Waals surface area contributed by atoms with E-state index < -0.39 is 5.79 Å². The number of ether oxygens (including phenoxy) is 5. The molecule has 4 atom stereocenters. The molecule has 0 radical (unpaired) electrons. The molecule has 28 heavy (non-hydrogen) atoms. The van der Waals surface area contributed by atoms with Crippen LogP contribution in [0.4, 0.5) is 0 Å². The minimum atomic E-state index is -0.596. The molecule has 0 unspecified atom stereocenters. The van der Waals surface area contributed by atoms with Crippen molar-refractivity contribution < 1.29 is 23.7 Å². The van der Waals surface area contributed by atoms with E-state index in [-0.39, 0.29) is 24.4 Å². The molecule has 2 aromatic rings. The first-order chi connectivity index (χ1) is 13.6. The molecule has 2 aromatic carbocycles. The predicted octanol–water partition coefficient (Wildman–Crippen LogP) is 3.71. The third-order valence-corrected chi connectivity index (χ3v) is 5.13. The highest BCUT2D eigenvalue weighted by Crippen LogP contribution is 2.32. The lowest BCUT2D eigenvalue weighted by Gasteiger charge is -2.27. The monoisotopic (exact) mass is 384 g/mol. The van der Waals surface area contributed by atoms with E-state index in [0.717, 1.165) is 11.1 Å². The molecule has 0 bridgehead atoms. The normalized spacial score (nSPS) is 29.2. The first-order valence-corrected chi connectivity index (χ1v) is 9.85. The minimum absolute atomic E-state index is 0.152. The van der Waals surface area contributed by atoms with Gasteiger partial charge in [0.15, 0.2) is 5.79 Å². The Morgan fingerprint density at radius 2 is 1.46 bits per heavy atom. The zero-order valence-corrected chi connectivity index (χ0v) is 16.5. The Bertz CT molecular complexity index is 733. The van der Waals surface area contributed by atoms with Gasteiger partial charge in [-0.1, -0.05) is 60.7 Å². The Labute approximate surface area is 166 Å². The van der Waals surface area contributed by atoms with Crippen LogP contribution in [0, 0.1) is 0 Å². The fourth-order valence-corrected chi connectivity index (χ4v) is 3.69. The van der Waals surface area contributed by atoms with Gasteiger partial charge in [0.05, 0.1) is 26.4 Å². The maximum Gasteiger partial charge on any atom is 0.163 e. The van der Waals surface area contributed by atoms with E-state index in [4.69, 9.17) is 23.7 Å². The molecule has 2 heterocycles. The second-order valence-corrected chi connectivity index (χ2v) is 7.76. The van der Waals surface area contributed by atoms with Crippen LogP contribution in [0.3, 0.4) is 0 Å². The van der Waals surface area contributed by atoms with Gasteiger partial charge in [0.1, 0.15) is 24.4 Å². The molecule has 0 saturated carbocycles. The van der Waals surface area contributed by atoms with Crippen LogP contribution in [-0.4, -0.2) is 43.4 Å². The second-order valence-electron chi connectivity index (χ2n) is 7.76. The van der Waals surface area contributed by atoms with E-state index in [2.05, 4.69) is 24.3 Å². The Balaban J connectivity index is 1.43. The maximum absolute atomic E-state index is 6.30. The molecule has 2 aliphatic heterocycles. The molecule has 0 amide bonds. The van der Waals surface area contributed by atoms with Crippen LogP contribution in [0.2, 0.25) is 0 Å². The van der Waals surface area contributed by atoms with Crippen LogP contribution in [0.1, 0.15) is 25.0 Å². The minimum Gasteiger partial charge on any atom is -0.370 e. The summed E-state index contributed by atoms with van der Waals surface area (Å²) < 4.78 is 30.3. The molecule has 4 rings (SSSR count). The van der Waals surface area contributed by atoms with Crippen molar-refractivity contribution in [1.29, 1.82) is 0 Å². The molecule has 0 N–H and O–H groups in total. The summed E-state index contributed by atoms with van der Waals surface area (Å²) >= 11 is 0. The van der Waals surface area contributed by atoms with E-state index in [0.29, 0.717) is 26.4 Å². The van der Waals surface area contributed by atoms with Crippen molar-refractivity contribution >= 4 is 0 Å². The summed E-state index contributed by atoms with van der Waals surface area (Å²) in [4.78, 5) is 0. The average molecular weight is 384 g/mol. The Morgan fingerprint density at radius 1 is 0.857 bits per heavy atom. The number of hydrogen-bond acceptors (Lipinski definition) is 5. The summed E-state index contributed by atoms with van der Waals surface area (Å²) in [6.45, 7) is 5.86. The third kappa shape index (κ3) is 4.80. The van der Waals surface area contributed by atoms with Gasteiger partial charge in [-0.2, -0.15) is 0 Å². The van der Waals surface area contributed by atoms with Gasteiger partial charge in [-0.15, -0.1) is 0 Å². The summed E-state index contributed by atoms with van der Waals surface area (Å²) in [5.74, 6) is -0.596. The molecule has 0 spiro atoms. The topological polar surface area (TPSA) is 46.2 Å². The van der Waals surface area contributed by atoms with Crippen LogP contribution >= 0.6 is 0 Å². The lowest BCUT2D eigenvalue weighted by atomic mass is 10.1. The van der Waals surface area contributed by atoms with E-state index in [1.807, 2.05) is 50.2 Å². The van der Waals surface area contributed by atoms with Gasteiger partial charge in [-0.3, -0.25) is 0 Å². The average Bonchev–Trinajstić information content (AvgIpc) is 3.28. The Morgan fingerprint density at radius 3 is 2.04 bits per heavy atom. The van der Waals surface area contributed by atoms with Gasteiger partial charge in [0.2, 0.25) is 0 Å². The van der Waals surface area contributed by atoms with Crippen LogP contribution in [0.25, 0.3) is 0 Å². The van der Waals surface area contributed by atoms with Crippen molar-refractivity contribution in [2.24, 2.45) is 0 Å². The SMILES string of the molecule is CC1(C)OC[C@@H]([C@@H]2OC[C@@H](OCc3ccccc3)[C@H]2OCc2ccccc2)O1. The molecular weight excluding hydrogens is 356 g/mol. The lowest BCUT2D eigenvalue weighted by Crippen LogP contribution is -2.43. The Kier molecular flexibility index (Phi) is 6.09. The van der Waals surface area contributed by atoms with E-state index in [9.17, 15) is 0 Å². The van der Waals surface area contributed by atoms with E-state index in [1.165, 1.54) is 0 Å². The predicted molar refractivity (Wildman–Crippen MR) is 105 cm³/mol. The van der Waals surface area contributed by atoms with Gasteiger partial charge in [-0.25, -0.2) is 0 Å². The van der Waals surface area contributed by atoms with Gasteiger partial charge >= 0.3 is 0 Å². The highest BCUT2D eigenvalue weighted by atomic mass is 16.8. The molecule has 2 aliphatic rings. The van der Waals surface area contributed by atoms with Crippen LogP contribution in [-0.2, 0) is 36.9 Å². The van der Waals surface area contributed by atoms with Crippen molar-refractivity contribution in [2.45, 2.75) is 57.3 Å². The standard InChI is InChI=1S/C23H28O5/c1-23(2)27-16-20(28-23)22-21(25-14-18-11-7-4-8-12-18)19(15-26-22)24-13-17-9-5-3-6-10-17/h3-12,19-22H,13-16H2,1-2H3/t19-,20+,21-,22+/m1/s1. The molecule has 5 nitrogen and oxygen atoms in total. The third-order valence-electron chi connectivity index (χ3n) is 5.13. The largest absolute Gasteiger partial charge is 0.370 e. The first kappa shape index (κ1) is 19.6. The first-order valence-electron chi connectivity index (χ1n) is 9.85. The molecular formula is C23H28O5. The van der Waals surface area contributed by atoms with Crippen molar-refractivity contribution in [3.05, 3.63) is 71.8 Å². The Hall–Kier alpha value is -1.76. The van der Waals surface area contributed by atoms with Crippen molar-refractivity contribution in [3.8, 4) is 0 Å². The van der Waals surface area contributed by atoms with E-state index in [1.54, 1.807) is 0 Å². The fraction of sp³-hybridized carbons (Fsp3) is 0.478. The fourth-order valence-electron chi connectivity index (χ4n) is 3.69. The molecule has 2 fully saturated rings. The quantitative estimate of drug-likeness (QED) is 0.728. The zero-order chi connectivity index (χ0) is 19.4. The summed E-state index contributed by atoms with van der Waals surface area (Å²) in [6.07, 6.45) is -0.750.